The fraction of sp³-hybridized carbons (Fsp3) is 0.174. The van der Waals surface area contributed by atoms with Crippen molar-refractivity contribution in [2.24, 2.45) is 0 Å². The molecule has 1 N–H and O–H groups in total. The van der Waals surface area contributed by atoms with Crippen LogP contribution in [0.4, 0.5) is 5.69 Å². The van der Waals surface area contributed by atoms with Gasteiger partial charge in [-0.15, -0.1) is 0 Å². The fourth-order valence-electron chi connectivity index (χ4n) is 3.13. The van der Waals surface area contributed by atoms with E-state index in [4.69, 9.17) is 23.2 Å². The van der Waals surface area contributed by atoms with Crippen LogP contribution < -0.4 is 5.32 Å². The number of benzene rings is 2. The van der Waals surface area contributed by atoms with Gasteiger partial charge < -0.3 is 10.2 Å². The highest BCUT2D eigenvalue weighted by atomic mass is 35.5. The third kappa shape index (κ3) is 5.38. The van der Waals surface area contributed by atoms with Crippen LogP contribution in [0.15, 0.2) is 66.9 Å². The predicted octanol–water partition coefficient (Wildman–Crippen LogP) is 5.75. The first-order valence-corrected chi connectivity index (χ1v) is 10.1. The summed E-state index contributed by atoms with van der Waals surface area (Å²) in [5.41, 5.74) is 2.91. The Morgan fingerprint density at radius 3 is 2.47 bits per heavy atom. The molecule has 2 amide bonds. The van der Waals surface area contributed by atoms with Crippen LogP contribution in [0.2, 0.25) is 10.2 Å². The summed E-state index contributed by atoms with van der Waals surface area (Å²) in [7, 11) is 0. The first kappa shape index (κ1) is 21.8. The van der Waals surface area contributed by atoms with E-state index in [2.05, 4.69) is 10.3 Å². The Morgan fingerprint density at radius 1 is 1.07 bits per heavy atom. The highest BCUT2D eigenvalue weighted by molar-refractivity contribution is 6.41. The van der Waals surface area contributed by atoms with Crippen molar-refractivity contribution < 1.29 is 9.59 Å². The summed E-state index contributed by atoms with van der Waals surface area (Å²) in [5, 5.41) is 3.16. The average Bonchev–Trinajstić information content (AvgIpc) is 2.73. The van der Waals surface area contributed by atoms with Crippen LogP contribution in [-0.4, -0.2) is 21.7 Å². The lowest BCUT2D eigenvalue weighted by atomic mass is 10.0. The molecule has 1 atom stereocenters. The molecular weight excluding hydrogens is 421 g/mol. The molecule has 0 aliphatic carbocycles. The molecule has 7 heteroatoms. The number of nitrogens with one attached hydrogen (secondary N) is 1. The molecule has 5 nitrogen and oxygen atoms in total. The molecule has 0 radical (unpaired) electrons. The quantitative estimate of drug-likeness (QED) is 0.495. The molecule has 0 spiro atoms. The molecule has 0 unspecified atom stereocenters. The second-order valence-corrected chi connectivity index (χ2v) is 7.66. The maximum atomic E-state index is 13.4. The van der Waals surface area contributed by atoms with Crippen LogP contribution in [0.25, 0.3) is 0 Å². The fourth-order valence-corrected chi connectivity index (χ4v) is 3.40. The summed E-state index contributed by atoms with van der Waals surface area (Å²) in [6, 6.07) is 18.4. The van der Waals surface area contributed by atoms with Gasteiger partial charge in [0.2, 0.25) is 5.91 Å². The van der Waals surface area contributed by atoms with Crippen LogP contribution in [0.3, 0.4) is 0 Å². The lowest BCUT2D eigenvalue weighted by Gasteiger charge is -2.30. The van der Waals surface area contributed by atoms with Crippen LogP contribution in [0, 0.1) is 0 Å². The summed E-state index contributed by atoms with van der Waals surface area (Å²) < 4.78 is 0. The normalized spacial score (nSPS) is 11.6. The van der Waals surface area contributed by atoms with Gasteiger partial charge in [-0.2, -0.15) is 0 Å². The summed E-state index contributed by atoms with van der Waals surface area (Å²) >= 11 is 12.0. The topological polar surface area (TPSA) is 62.3 Å². The van der Waals surface area contributed by atoms with Crippen LogP contribution in [0.5, 0.6) is 0 Å². The minimum absolute atomic E-state index is 0.152. The molecule has 0 bridgehead atoms. The van der Waals surface area contributed by atoms with Crippen LogP contribution in [0.1, 0.15) is 41.4 Å². The number of rotatable bonds is 6. The highest BCUT2D eigenvalue weighted by Crippen LogP contribution is 2.28. The third-order valence-electron chi connectivity index (χ3n) is 4.66. The van der Waals surface area contributed by atoms with Crippen LogP contribution >= 0.6 is 23.2 Å². The number of hydrogen-bond donors (Lipinski definition) is 1. The molecule has 154 valence electrons. The number of aromatic nitrogens is 1. The number of anilines is 1. The summed E-state index contributed by atoms with van der Waals surface area (Å²) in [4.78, 5) is 30.6. The first-order chi connectivity index (χ1) is 14.3. The lowest BCUT2D eigenvalue weighted by Crippen LogP contribution is -2.33. The van der Waals surface area contributed by atoms with Gasteiger partial charge in [0.25, 0.3) is 5.91 Å². The Hall–Kier alpha value is -2.89. The molecule has 1 aromatic heterocycles. The summed E-state index contributed by atoms with van der Waals surface area (Å²) in [6.07, 6.45) is 1.43. The second kappa shape index (κ2) is 9.74. The number of carbonyl (C=O) groups is 2. The first-order valence-electron chi connectivity index (χ1n) is 9.38. The van der Waals surface area contributed by atoms with E-state index in [0.29, 0.717) is 17.8 Å². The number of carbonyl (C=O) groups excluding carboxylic acids is 2. The van der Waals surface area contributed by atoms with Crippen molar-refractivity contribution in [3.63, 3.8) is 0 Å². The van der Waals surface area contributed by atoms with Crippen molar-refractivity contribution in [3.05, 3.63) is 93.7 Å². The minimum atomic E-state index is -0.277. The predicted molar refractivity (Wildman–Crippen MR) is 120 cm³/mol. The molecule has 3 aromatic rings. The van der Waals surface area contributed by atoms with Crippen molar-refractivity contribution in [2.75, 3.05) is 5.32 Å². The van der Waals surface area contributed by atoms with Crippen molar-refractivity contribution in [2.45, 2.75) is 26.4 Å². The summed E-state index contributed by atoms with van der Waals surface area (Å²) in [5.74, 6) is -0.374. The average molecular weight is 442 g/mol. The zero-order chi connectivity index (χ0) is 21.7. The van der Waals surface area contributed by atoms with E-state index in [1.807, 2.05) is 61.5 Å². The zero-order valence-corrected chi connectivity index (χ0v) is 18.1. The minimum Gasteiger partial charge on any atom is -0.328 e. The van der Waals surface area contributed by atoms with E-state index >= 15 is 0 Å². The van der Waals surface area contributed by atoms with Gasteiger partial charge >= 0.3 is 0 Å². The van der Waals surface area contributed by atoms with Gasteiger partial charge in [0, 0.05) is 25.4 Å². The maximum Gasteiger partial charge on any atom is 0.256 e. The van der Waals surface area contributed by atoms with Crippen molar-refractivity contribution in [1.82, 2.24) is 9.88 Å². The number of amides is 2. The molecular formula is C23H21Cl2N3O2. The molecule has 0 aliphatic heterocycles. The van der Waals surface area contributed by atoms with Gasteiger partial charge in [-0.3, -0.25) is 9.59 Å². The number of pyridine rings is 1. The van der Waals surface area contributed by atoms with Crippen molar-refractivity contribution in [1.29, 1.82) is 0 Å². The molecule has 3 rings (SSSR count). The largest absolute Gasteiger partial charge is 0.328 e. The van der Waals surface area contributed by atoms with E-state index < -0.39 is 0 Å². The van der Waals surface area contributed by atoms with Gasteiger partial charge in [-0.25, -0.2) is 4.98 Å². The number of halogens is 2. The monoisotopic (exact) mass is 441 g/mol. The van der Waals surface area contributed by atoms with Gasteiger partial charge in [0.1, 0.15) is 5.15 Å². The van der Waals surface area contributed by atoms with E-state index in [-0.39, 0.29) is 28.0 Å². The lowest BCUT2D eigenvalue weighted by molar-refractivity contribution is -0.114. The van der Waals surface area contributed by atoms with Crippen LogP contribution in [-0.2, 0) is 11.3 Å². The SMILES string of the molecule is CC(=O)Nc1cccc([C@H](C)N(Cc2ccccc2)C(=O)c2cnc(Cl)c(Cl)c2)c1. The molecule has 30 heavy (non-hydrogen) atoms. The Balaban J connectivity index is 1.97. The van der Waals surface area contributed by atoms with Gasteiger partial charge in [-0.1, -0.05) is 65.7 Å². The maximum absolute atomic E-state index is 13.4. The number of hydrogen-bond acceptors (Lipinski definition) is 3. The number of nitrogens with zero attached hydrogens (tertiary/aromatic N) is 2. The third-order valence-corrected chi connectivity index (χ3v) is 5.34. The van der Waals surface area contributed by atoms with Gasteiger partial charge in [0.15, 0.2) is 0 Å². The van der Waals surface area contributed by atoms with Gasteiger partial charge in [0.05, 0.1) is 16.6 Å². The Bertz CT molecular complexity index is 1060. The molecule has 0 aliphatic rings. The van der Waals surface area contributed by atoms with Gasteiger partial charge in [-0.05, 0) is 36.2 Å². The zero-order valence-electron chi connectivity index (χ0n) is 16.6. The Labute approximate surface area is 185 Å². The van der Waals surface area contributed by atoms with E-state index in [9.17, 15) is 9.59 Å². The highest BCUT2D eigenvalue weighted by Gasteiger charge is 2.24. The Morgan fingerprint density at radius 2 is 1.80 bits per heavy atom. The molecule has 0 fully saturated rings. The Kier molecular flexibility index (Phi) is 7.08. The molecule has 0 saturated heterocycles. The summed E-state index contributed by atoms with van der Waals surface area (Å²) in [6.45, 7) is 3.79. The standard InChI is InChI=1S/C23H21Cl2N3O2/c1-15(18-9-6-10-20(11-18)27-16(2)29)28(14-17-7-4-3-5-8-17)23(30)19-12-21(24)22(25)26-13-19/h3-13,15H,14H2,1-2H3,(H,27,29)/t15-/m0/s1. The van der Waals surface area contributed by atoms with Crippen molar-refractivity contribution in [3.8, 4) is 0 Å². The molecule has 1 heterocycles. The van der Waals surface area contributed by atoms with E-state index in [1.54, 1.807) is 4.90 Å². The molecule has 0 saturated carbocycles. The van der Waals surface area contributed by atoms with E-state index in [0.717, 1.165) is 11.1 Å². The molecule has 2 aromatic carbocycles. The van der Waals surface area contributed by atoms with E-state index in [1.165, 1.54) is 19.2 Å². The second-order valence-electron chi connectivity index (χ2n) is 6.90. The smallest absolute Gasteiger partial charge is 0.256 e. The van der Waals surface area contributed by atoms with Crippen molar-refractivity contribution >= 4 is 40.7 Å².